The summed E-state index contributed by atoms with van der Waals surface area (Å²) in [5.41, 5.74) is 1.45. The number of hydrogen-bond donors (Lipinski definition) is 3. The predicted molar refractivity (Wildman–Crippen MR) is 87.2 cm³/mol. The van der Waals surface area contributed by atoms with Crippen molar-refractivity contribution in [3.8, 4) is 0 Å². The highest BCUT2D eigenvalue weighted by Gasteiger charge is 2.17. The molecule has 0 spiro atoms. The minimum Gasteiger partial charge on any atom is -0.394 e. The summed E-state index contributed by atoms with van der Waals surface area (Å²) < 4.78 is 23.8. The molecule has 1 atom stereocenters. The smallest absolute Gasteiger partial charge is 0.177 e. The lowest BCUT2D eigenvalue weighted by atomic mass is 10.1. The summed E-state index contributed by atoms with van der Waals surface area (Å²) in [5.74, 6) is 0. The van der Waals surface area contributed by atoms with E-state index in [9.17, 15) is 13.5 Å². The second-order valence-corrected chi connectivity index (χ2v) is 7.70. The Morgan fingerprint density at radius 1 is 1.27 bits per heavy atom. The number of aliphatic hydroxyl groups excluding tert-OH is 2. The molecule has 22 heavy (non-hydrogen) atoms. The largest absolute Gasteiger partial charge is 0.394 e. The highest BCUT2D eigenvalue weighted by molar-refractivity contribution is 7.90. The minimum atomic E-state index is -3.36. The van der Waals surface area contributed by atoms with E-state index < -0.39 is 15.9 Å². The van der Waals surface area contributed by atoms with Crippen molar-refractivity contribution in [2.24, 2.45) is 0 Å². The molecule has 1 unspecified atom stereocenters. The van der Waals surface area contributed by atoms with Crippen LogP contribution in [0.25, 0.3) is 0 Å². The standard InChI is InChI=1S/C15H24N2O4S/c1-22(20,21)15-6-5-12(17-7-3-2-4-8-17)9-14(15)16-10-13(19)11-18/h5-6,9,13,16,18-19H,2-4,7-8,10-11H2,1H3. The average molecular weight is 328 g/mol. The third-order valence-corrected chi connectivity index (χ3v) is 4.98. The molecule has 1 aliphatic heterocycles. The maximum Gasteiger partial charge on any atom is 0.177 e. The molecule has 2 rings (SSSR count). The van der Waals surface area contributed by atoms with Crippen LogP contribution in [0.1, 0.15) is 19.3 Å². The summed E-state index contributed by atoms with van der Waals surface area (Å²) in [5, 5.41) is 21.3. The predicted octanol–water partition coefficient (Wildman–Crippen LogP) is 0.846. The lowest BCUT2D eigenvalue weighted by Crippen LogP contribution is -2.29. The average Bonchev–Trinajstić information content (AvgIpc) is 2.52. The van der Waals surface area contributed by atoms with Crippen LogP contribution in [0.5, 0.6) is 0 Å². The van der Waals surface area contributed by atoms with Gasteiger partial charge in [-0.05, 0) is 37.5 Å². The maximum absolute atomic E-state index is 11.9. The number of aliphatic hydroxyl groups is 2. The molecule has 0 amide bonds. The second kappa shape index (κ2) is 7.30. The van der Waals surface area contributed by atoms with Gasteiger partial charge in [0.25, 0.3) is 0 Å². The Hall–Kier alpha value is -1.31. The molecule has 1 fully saturated rings. The van der Waals surface area contributed by atoms with Crippen LogP contribution in [0.2, 0.25) is 0 Å². The van der Waals surface area contributed by atoms with Crippen LogP contribution in [0.15, 0.2) is 23.1 Å². The van der Waals surface area contributed by atoms with Crippen molar-refractivity contribution in [1.82, 2.24) is 0 Å². The third-order valence-electron chi connectivity index (χ3n) is 3.82. The molecule has 0 radical (unpaired) electrons. The lowest BCUT2D eigenvalue weighted by Gasteiger charge is -2.29. The quantitative estimate of drug-likeness (QED) is 0.717. The summed E-state index contributed by atoms with van der Waals surface area (Å²) in [6, 6.07) is 5.24. The van der Waals surface area contributed by atoms with E-state index in [0.29, 0.717) is 5.69 Å². The molecule has 0 aliphatic carbocycles. The molecular formula is C15H24N2O4S. The van der Waals surface area contributed by atoms with E-state index in [-0.39, 0.29) is 18.0 Å². The summed E-state index contributed by atoms with van der Waals surface area (Å²) in [4.78, 5) is 2.45. The van der Waals surface area contributed by atoms with Crippen LogP contribution in [-0.4, -0.2) is 57.2 Å². The zero-order valence-corrected chi connectivity index (χ0v) is 13.6. The molecule has 3 N–H and O–H groups in total. The summed E-state index contributed by atoms with van der Waals surface area (Å²) in [6.07, 6.45) is 3.74. The SMILES string of the molecule is CS(=O)(=O)c1ccc(N2CCCCC2)cc1NCC(O)CO. The van der Waals surface area contributed by atoms with E-state index in [1.54, 1.807) is 6.07 Å². The first kappa shape index (κ1) is 17.1. The zero-order valence-electron chi connectivity index (χ0n) is 12.8. The molecule has 0 bridgehead atoms. The molecule has 1 saturated heterocycles. The van der Waals surface area contributed by atoms with Crippen LogP contribution >= 0.6 is 0 Å². The zero-order chi connectivity index (χ0) is 16.2. The molecule has 0 saturated carbocycles. The first-order valence-electron chi connectivity index (χ1n) is 7.53. The van der Waals surface area contributed by atoms with Crippen molar-refractivity contribution >= 4 is 21.2 Å². The van der Waals surface area contributed by atoms with Crippen molar-refractivity contribution in [1.29, 1.82) is 0 Å². The van der Waals surface area contributed by atoms with Crippen molar-refractivity contribution < 1.29 is 18.6 Å². The van der Waals surface area contributed by atoms with Crippen LogP contribution in [-0.2, 0) is 9.84 Å². The number of nitrogens with one attached hydrogen (secondary N) is 1. The normalized spacial score (nSPS) is 17.3. The molecule has 1 aromatic rings. The number of piperidine rings is 1. The molecule has 7 heteroatoms. The fraction of sp³-hybridized carbons (Fsp3) is 0.600. The van der Waals surface area contributed by atoms with E-state index in [2.05, 4.69) is 10.2 Å². The van der Waals surface area contributed by atoms with Gasteiger partial charge in [0.05, 0.1) is 23.3 Å². The van der Waals surface area contributed by atoms with Gasteiger partial charge in [0, 0.05) is 31.6 Å². The Kier molecular flexibility index (Phi) is 5.66. The molecule has 124 valence electrons. The van der Waals surface area contributed by atoms with Gasteiger partial charge in [0.15, 0.2) is 9.84 Å². The number of rotatable bonds is 6. The Morgan fingerprint density at radius 3 is 2.55 bits per heavy atom. The maximum atomic E-state index is 11.9. The fourth-order valence-corrected chi connectivity index (χ4v) is 3.47. The highest BCUT2D eigenvalue weighted by Crippen LogP contribution is 2.29. The Balaban J connectivity index is 2.27. The highest BCUT2D eigenvalue weighted by atomic mass is 32.2. The van der Waals surface area contributed by atoms with Gasteiger partial charge in [-0.3, -0.25) is 0 Å². The second-order valence-electron chi connectivity index (χ2n) is 5.72. The molecule has 1 aliphatic rings. The van der Waals surface area contributed by atoms with Gasteiger partial charge in [-0.15, -0.1) is 0 Å². The van der Waals surface area contributed by atoms with Crippen LogP contribution < -0.4 is 10.2 Å². The van der Waals surface area contributed by atoms with Crippen molar-refractivity contribution in [2.75, 3.05) is 42.7 Å². The van der Waals surface area contributed by atoms with Crippen molar-refractivity contribution in [2.45, 2.75) is 30.3 Å². The van der Waals surface area contributed by atoms with Gasteiger partial charge in [-0.2, -0.15) is 0 Å². The number of benzene rings is 1. The molecule has 0 aromatic heterocycles. The Labute approximate surface area is 131 Å². The van der Waals surface area contributed by atoms with Crippen LogP contribution in [0.3, 0.4) is 0 Å². The lowest BCUT2D eigenvalue weighted by molar-refractivity contribution is 0.105. The Morgan fingerprint density at radius 2 is 1.95 bits per heavy atom. The molecule has 1 aromatic carbocycles. The van der Waals surface area contributed by atoms with E-state index >= 15 is 0 Å². The molecule has 1 heterocycles. The van der Waals surface area contributed by atoms with Gasteiger partial charge in [-0.1, -0.05) is 0 Å². The number of hydrogen-bond acceptors (Lipinski definition) is 6. The third kappa shape index (κ3) is 4.34. The van der Waals surface area contributed by atoms with E-state index in [0.717, 1.165) is 37.9 Å². The van der Waals surface area contributed by atoms with Crippen LogP contribution in [0.4, 0.5) is 11.4 Å². The minimum absolute atomic E-state index is 0.0997. The van der Waals surface area contributed by atoms with Crippen molar-refractivity contribution in [3.63, 3.8) is 0 Å². The van der Waals surface area contributed by atoms with E-state index in [1.807, 2.05) is 12.1 Å². The Bertz CT molecular complexity index is 598. The van der Waals surface area contributed by atoms with Gasteiger partial charge < -0.3 is 20.4 Å². The van der Waals surface area contributed by atoms with Gasteiger partial charge in [0.1, 0.15) is 0 Å². The summed E-state index contributed by atoms with van der Waals surface area (Å²) in [6.45, 7) is 1.67. The molecular weight excluding hydrogens is 304 g/mol. The summed E-state index contributed by atoms with van der Waals surface area (Å²) >= 11 is 0. The van der Waals surface area contributed by atoms with Gasteiger partial charge in [-0.25, -0.2) is 8.42 Å². The number of nitrogens with zero attached hydrogens (tertiary/aromatic N) is 1. The topological polar surface area (TPSA) is 89.9 Å². The van der Waals surface area contributed by atoms with E-state index in [1.165, 1.54) is 6.42 Å². The van der Waals surface area contributed by atoms with Crippen molar-refractivity contribution in [3.05, 3.63) is 18.2 Å². The van der Waals surface area contributed by atoms with E-state index in [4.69, 9.17) is 5.11 Å². The van der Waals surface area contributed by atoms with Gasteiger partial charge >= 0.3 is 0 Å². The molecule has 6 nitrogen and oxygen atoms in total. The first-order chi connectivity index (χ1) is 10.4. The summed E-state index contributed by atoms with van der Waals surface area (Å²) in [7, 11) is -3.36. The number of sulfone groups is 1. The van der Waals surface area contributed by atoms with Crippen LogP contribution in [0, 0.1) is 0 Å². The monoisotopic (exact) mass is 328 g/mol. The first-order valence-corrected chi connectivity index (χ1v) is 9.43. The fourth-order valence-electron chi connectivity index (χ4n) is 2.62. The van der Waals surface area contributed by atoms with Gasteiger partial charge in [0.2, 0.25) is 0 Å². The number of anilines is 2.